The number of ether oxygens (including phenoxy) is 2. The highest BCUT2D eigenvalue weighted by Crippen LogP contribution is 2.55. The molecule has 0 bridgehead atoms. The quantitative estimate of drug-likeness (QED) is 0.238. The number of hydrogen-bond donors (Lipinski definition) is 5. The number of nitrogens with two attached hydrogens (primary N) is 1. The Balaban J connectivity index is 0.000000161. The van der Waals surface area contributed by atoms with Crippen LogP contribution in [-0.2, 0) is 20.8 Å². The van der Waals surface area contributed by atoms with Crippen LogP contribution in [0.3, 0.4) is 0 Å². The van der Waals surface area contributed by atoms with Crippen LogP contribution in [0.2, 0.25) is 0 Å². The third-order valence-electron chi connectivity index (χ3n) is 7.01. The molecule has 0 saturated carbocycles. The van der Waals surface area contributed by atoms with Crippen LogP contribution in [0.15, 0.2) is 24.3 Å². The second-order valence-corrected chi connectivity index (χ2v) is 9.52. The molecule has 0 aliphatic carbocycles. The van der Waals surface area contributed by atoms with E-state index in [9.17, 15) is 46.1 Å². The maximum Gasteiger partial charge on any atom is 0.422 e. The SMILES string of the molecule is Nc1ccc2c3c1C(O)(C(F)(F)F)CC(=O)N3CCO2.O=C1CC(O)(C(F)(F)F)c2c(ccc3c2NCCO3)N1. The Morgan fingerprint density at radius 3 is 2.17 bits per heavy atom. The van der Waals surface area contributed by atoms with E-state index in [1.807, 2.05) is 0 Å². The molecule has 2 atom stereocenters. The van der Waals surface area contributed by atoms with Crippen LogP contribution in [-0.4, -0.2) is 60.7 Å². The van der Waals surface area contributed by atoms with Gasteiger partial charge in [-0.05, 0) is 24.3 Å². The lowest BCUT2D eigenvalue weighted by atomic mass is 9.82. The normalized spacial score (nSPS) is 25.1. The van der Waals surface area contributed by atoms with Gasteiger partial charge in [0.1, 0.15) is 24.7 Å². The van der Waals surface area contributed by atoms with Gasteiger partial charge >= 0.3 is 12.4 Å². The third kappa shape index (κ3) is 4.13. The van der Waals surface area contributed by atoms with E-state index in [0.717, 1.165) is 0 Å². The molecule has 2 unspecified atom stereocenters. The first-order valence-electron chi connectivity index (χ1n) is 11.9. The Kier molecular flexibility index (Phi) is 6.26. The van der Waals surface area contributed by atoms with Gasteiger partial charge in [-0.25, -0.2) is 0 Å². The average Bonchev–Trinajstić information content (AvgIpc) is 2.86. The molecule has 0 radical (unpaired) electrons. The maximum atomic E-state index is 13.2. The molecule has 6 rings (SSSR count). The van der Waals surface area contributed by atoms with Crippen molar-refractivity contribution in [2.75, 3.05) is 47.6 Å². The summed E-state index contributed by atoms with van der Waals surface area (Å²) in [6, 6.07) is 5.40. The van der Waals surface area contributed by atoms with Crippen molar-refractivity contribution in [3.63, 3.8) is 0 Å². The van der Waals surface area contributed by atoms with Crippen LogP contribution >= 0.6 is 0 Å². The molecule has 2 aromatic rings. The number of fused-ring (bicyclic) bond motifs is 3. The van der Waals surface area contributed by atoms with Crippen LogP contribution in [0.5, 0.6) is 11.5 Å². The lowest BCUT2D eigenvalue weighted by Crippen LogP contribution is -2.54. The van der Waals surface area contributed by atoms with Gasteiger partial charge in [0, 0.05) is 29.0 Å². The number of halogens is 6. The van der Waals surface area contributed by atoms with Gasteiger partial charge in [-0.2, -0.15) is 26.3 Å². The molecule has 0 saturated heterocycles. The summed E-state index contributed by atoms with van der Waals surface area (Å²) in [7, 11) is 0. The van der Waals surface area contributed by atoms with Crippen molar-refractivity contribution in [3.8, 4) is 11.5 Å². The Morgan fingerprint density at radius 1 is 0.875 bits per heavy atom. The summed E-state index contributed by atoms with van der Waals surface area (Å²) in [5.74, 6) is -1.33. The van der Waals surface area contributed by atoms with Gasteiger partial charge in [0.25, 0.3) is 0 Å². The lowest BCUT2D eigenvalue weighted by molar-refractivity contribution is -0.267. The summed E-state index contributed by atoms with van der Waals surface area (Å²) in [6.07, 6.45) is -12.1. The van der Waals surface area contributed by atoms with Crippen LogP contribution in [0.4, 0.5) is 49.1 Å². The Bertz CT molecular complexity index is 1380. The molecule has 6 N–H and O–H groups in total. The molecule has 16 heteroatoms. The van der Waals surface area contributed by atoms with Gasteiger partial charge in [0.2, 0.25) is 11.8 Å². The van der Waals surface area contributed by atoms with Gasteiger partial charge in [0.15, 0.2) is 11.2 Å². The monoisotopic (exact) mass is 576 g/mol. The van der Waals surface area contributed by atoms with E-state index in [4.69, 9.17) is 15.2 Å². The number of benzene rings is 2. The number of nitrogen functional groups attached to an aromatic ring is 1. The summed E-state index contributed by atoms with van der Waals surface area (Å²) in [5.41, 5.74) is -2.04. The predicted octanol–water partition coefficient (Wildman–Crippen LogP) is 2.73. The number of carbonyl (C=O) groups is 2. The summed E-state index contributed by atoms with van der Waals surface area (Å²) >= 11 is 0. The van der Waals surface area contributed by atoms with Crippen LogP contribution in [0, 0.1) is 0 Å². The minimum Gasteiger partial charge on any atom is -0.490 e. The fraction of sp³-hybridized carbons (Fsp3) is 0.417. The smallest absolute Gasteiger partial charge is 0.422 e. The van der Waals surface area contributed by atoms with Crippen molar-refractivity contribution in [1.29, 1.82) is 0 Å². The minimum absolute atomic E-state index is 0.0576. The Hall–Kier alpha value is -3.92. The molecule has 2 amide bonds. The van der Waals surface area contributed by atoms with Crippen molar-refractivity contribution in [3.05, 3.63) is 35.4 Å². The van der Waals surface area contributed by atoms with Gasteiger partial charge < -0.3 is 41.0 Å². The van der Waals surface area contributed by atoms with Crippen molar-refractivity contribution < 1.29 is 55.6 Å². The number of carbonyl (C=O) groups excluding carboxylic acids is 2. The molecule has 0 spiro atoms. The van der Waals surface area contributed by atoms with Gasteiger partial charge in [0.05, 0.1) is 30.8 Å². The molecular weight excluding hydrogens is 554 g/mol. The number of hydrogen-bond acceptors (Lipinski definition) is 8. The number of rotatable bonds is 0. The highest BCUT2D eigenvalue weighted by Gasteiger charge is 2.62. The number of nitrogens with zero attached hydrogens (tertiary/aromatic N) is 1. The van der Waals surface area contributed by atoms with E-state index < -0.39 is 53.8 Å². The lowest BCUT2D eigenvalue weighted by Gasteiger charge is -2.43. The van der Waals surface area contributed by atoms with E-state index in [1.54, 1.807) is 0 Å². The summed E-state index contributed by atoms with van der Waals surface area (Å²) in [6.45, 7) is 0.969. The number of anilines is 4. The number of alkyl halides is 6. The zero-order chi connectivity index (χ0) is 29.3. The molecule has 0 fully saturated rings. The zero-order valence-electron chi connectivity index (χ0n) is 20.4. The molecule has 10 nitrogen and oxygen atoms in total. The minimum atomic E-state index is -5.00. The van der Waals surface area contributed by atoms with Crippen molar-refractivity contribution >= 4 is 34.6 Å². The van der Waals surface area contributed by atoms with Crippen molar-refractivity contribution in [2.24, 2.45) is 0 Å². The van der Waals surface area contributed by atoms with Gasteiger partial charge in [-0.1, -0.05) is 0 Å². The van der Waals surface area contributed by atoms with E-state index in [2.05, 4.69) is 10.6 Å². The Morgan fingerprint density at radius 2 is 1.50 bits per heavy atom. The van der Waals surface area contributed by atoms with E-state index >= 15 is 0 Å². The molecule has 4 heterocycles. The fourth-order valence-corrected chi connectivity index (χ4v) is 5.17. The van der Waals surface area contributed by atoms with Crippen LogP contribution in [0.25, 0.3) is 0 Å². The first kappa shape index (κ1) is 27.6. The van der Waals surface area contributed by atoms with E-state index in [0.29, 0.717) is 13.2 Å². The molecule has 4 aliphatic heterocycles. The molecule has 4 aliphatic rings. The summed E-state index contributed by atoms with van der Waals surface area (Å²) in [4.78, 5) is 24.5. The number of aliphatic hydroxyl groups is 2. The highest BCUT2D eigenvalue weighted by molar-refractivity contribution is 6.01. The summed E-state index contributed by atoms with van der Waals surface area (Å²) < 4.78 is 89.9. The largest absolute Gasteiger partial charge is 0.490 e. The Labute approximate surface area is 221 Å². The van der Waals surface area contributed by atoms with Gasteiger partial charge in [-0.15, -0.1) is 0 Å². The first-order chi connectivity index (χ1) is 18.6. The molecule has 40 heavy (non-hydrogen) atoms. The van der Waals surface area contributed by atoms with Gasteiger partial charge in [-0.3, -0.25) is 9.59 Å². The van der Waals surface area contributed by atoms with E-state index in [1.165, 1.54) is 29.2 Å². The molecule has 0 aromatic heterocycles. The standard InChI is InChI=1S/2C12H11F3N2O3/c13-12(14,15)11(19)5-8(18)17-3-4-20-7-2-1-6(16)9(11)10(7)17;13-12(14,15)11(19)5-8(18)17-6-1-2-7-10(9(6)11)16-3-4-20-7/h1-2,19H,3-5,16H2;1-2,16,19H,3-5H2,(H,17,18). The summed E-state index contributed by atoms with van der Waals surface area (Å²) in [5, 5.41) is 25.3. The predicted molar refractivity (Wildman–Crippen MR) is 127 cm³/mol. The molecule has 2 aromatic carbocycles. The third-order valence-corrected chi connectivity index (χ3v) is 7.01. The maximum absolute atomic E-state index is 13.2. The van der Waals surface area contributed by atoms with Crippen molar-refractivity contribution in [1.82, 2.24) is 0 Å². The highest BCUT2D eigenvalue weighted by atomic mass is 19.4. The molecular formula is C24H22F6N4O6. The second-order valence-electron chi connectivity index (χ2n) is 9.52. The zero-order valence-corrected chi connectivity index (χ0v) is 20.4. The van der Waals surface area contributed by atoms with Crippen LogP contribution < -0.4 is 30.7 Å². The van der Waals surface area contributed by atoms with Crippen LogP contribution in [0.1, 0.15) is 24.0 Å². The average molecular weight is 576 g/mol. The number of nitrogens with one attached hydrogen (secondary N) is 2. The number of amides is 2. The topological polar surface area (TPSA) is 146 Å². The van der Waals surface area contributed by atoms with E-state index in [-0.39, 0.29) is 53.0 Å². The van der Waals surface area contributed by atoms with Crippen molar-refractivity contribution in [2.45, 2.75) is 36.4 Å². The second kappa shape index (κ2) is 9.05. The fourth-order valence-electron chi connectivity index (χ4n) is 5.17. The molecule has 216 valence electrons. The first-order valence-corrected chi connectivity index (χ1v) is 11.9.